The fourth-order valence-electron chi connectivity index (χ4n) is 3.17. The van der Waals surface area contributed by atoms with Gasteiger partial charge in [-0.15, -0.1) is 0 Å². The summed E-state index contributed by atoms with van der Waals surface area (Å²) in [6.45, 7) is 9.81. The van der Waals surface area contributed by atoms with Crippen LogP contribution in [0.25, 0.3) is 0 Å². The molecule has 0 radical (unpaired) electrons. The smallest absolute Gasteiger partial charge is 0.0674 e. The van der Waals surface area contributed by atoms with Crippen LogP contribution in [0.15, 0.2) is 0 Å². The minimum atomic E-state index is 0.411. The number of rotatable bonds is 3. The number of morpholine rings is 1. The molecular formula is C13H26N2O. The molecule has 1 heterocycles. The summed E-state index contributed by atoms with van der Waals surface area (Å²) < 4.78 is 5.70. The molecular weight excluding hydrogens is 200 g/mol. The molecule has 0 aromatic heterocycles. The lowest BCUT2D eigenvalue weighted by atomic mass is 10.1. The van der Waals surface area contributed by atoms with E-state index in [4.69, 9.17) is 4.74 Å². The van der Waals surface area contributed by atoms with Gasteiger partial charge in [-0.25, -0.2) is 0 Å². The van der Waals surface area contributed by atoms with E-state index in [1.54, 1.807) is 0 Å². The predicted octanol–water partition coefficient (Wildman–Crippen LogP) is 1.63. The zero-order chi connectivity index (χ0) is 11.5. The van der Waals surface area contributed by atoms with Crippen LogP contribution >= 0.6 is 0 Å². The Morgan fingerprint density at radius 1 is 1.31 bits per heavy atom. The molecule has 2 aliphatic rings. The van der Waals surface area contributed by atoms with Gasteiger partial charge in [-0.2, -0.15) is 0 Å². The van der Waals surface area contributed by atoms with Crippen molar-refractivity contribution in [2.75, 3.05) is 19.7 Å². The molecule has 0 amide bonds. The summed E-state index contributed by atoms with van der Waals surface area (Å²) in [5, 5.41) is 3.58. The van der Waals surface area contributed by atoms with E-state index in [-0.39, 0.29) is 0 Å². The molecule has 0 aromatic carbocycles. The summed E-state index contributed by atoms with van der Waals surface area (Å²) in [5.74, 6) is 0. The predicted molar refractivity (Wildman–Crippen MR) is 66.7 cm³/mol. The lowest BCUT2D eigenvalue weighted by Gasteiger charge is -2.40. The van der Waals surface area contributed by atoms with Crippen LogP contribution in [0.4, 0.5) is 0 Å². The van der Waals surface area contributed by atoms with Crippen molar-refractivity contribution in [1.29, 1.82) is 0 Å². The third-order valence-electron chi connectivity index (χ3n) is 4.02. The Bertz CT molecular complexity index is 222. The van der Waals surface area contributed by atoms with Gasteiger partial charge in [0.25, 0.3) is 0 Å². The highest BCUT2D eigenvalue weighted by molar-refractivity contribution is 4.90. The summed E-state index contributed by atoms with van der Waals surface area (Å²) in [6, 6.07) is 2.13. The maximum absolute atomic E-state index is 5.70. The van der Waals surface area contributed by atoms with Crippen LogP contribution in [-0.4, -0.2) is 48.8 Å². The lowest BCUT2D eigenvalue weighted by molar-refractivity contribution is -0.0651. The number of nitrogens with zero attached hydrogens (tertiary/aromatic N) is 1. The van der Waals surface area contributed by atoms with E-state index in [1.165, 1.54) is 19.3 Å². The van der Waals surface area contributed by atoms with E-state index < -0.39 is 0 Å². The zero-order valence-electron chi connectivity index (χ0n) is 10.9. The van der Waals surface area contributed by atoms with Gasteiger partial charge in [-0.1, -0.05) is 6.92 Å². The molecule has 1 saturated heterocycles. The van der Waals surface area contributed by atoms with E-state index in [9.17, 15) is 0 Å². The van der Waals surface area contributed by atoms with Gasteiger partial charge < -0.3 is 10.1 Å². The molecule has 94 valence electrons. The first kappa shape index (κ1) is 12.3. The standard InChI is InChI=1S/C13H26N2O/c1-4-14-12-5-6-13(7-12)15-8-11(3)16-9-10(15)2/h10-14H,4-9H2,1-3H3. The second-order valence-corrected chi connectivity index (χ2v) is 5.41. The van der Waals surface area contributed by atoms with Crippen LogP contribution in [0, 0.1) is 0 Å². The molecule has 3 nitrogen and oxygen atoms in total. The average molecular weight is 226 g/mol. The van der Waals surface area contributed by atoms with Crippen LogP contribution in [0.2, 0.25) is 0 Å². The minimum Gasteiger partial charge on any atom is -0.376 e. The highest BCUT2D eigenvalue weighted by atomic mass is 16.5. The minimum absolute atomic E-state index is 0.411. The molecule has 0 spiro atoms. The normalized spacial score (nSPS) is 41.4. The Labute approximate surface area is 99.5 Å². The Balaban J connectivity index is 1.87. The molecule has 2 rings (SSSR count). The monoisotopic (exact) mass is 226 g/mol. The van der Waals surface area contributed by atoms with Gasteiger partial charge in [0.15, 0.2) is 0 Å². The Hall–Kier alpha value is -0.120. The van der Waals surface area contributed by atoms with E-state index >= 15 is 0 Å². The highest BCUT2D eigenvalue weighted by Crippen LogP contribution is 2.27. The molecule has 3 heteroatoms. The van der Waals surface area contributed by atoms with E-state index in [0.29, 0.717) is 12.1 Å². The maximum Gasteiger partial charge on any atom is 0.0674 e. The van der Waals surface area contributed by atoms with Crippen molar-refractivity contribution in [3.8, 4) is 0 Å². The van der Waals surface area contributed by atoms with Crippen LogP contribution in [-0.2, 0) is 4.74 Å². The maximum atomic E-state index is 5.70. The molecule has 4 unspecified atom stereocenters. The van der Waals surface area contributed by atoms with Crippen molar-refractivity contribution in [3.63, 3.8) is 0 Å². The number of ether oxygens (including phenoxy) is 1. The first-order valence-electron chi connectivity index (χ1n) is 6.81. The average Bonchev–Trinajstić information content (AvgIpc) is 2.71. The van der Waals surface area contributed by atoms with Gasteiger partial charge in [0.2, 0.25) is 0 Å². The van der Waals surface area contributed by atoms with Gasteiger partial charge >= 0.3 is 0 Å². The summed E-state index contributed by atoms with van der Waals surface area (Å²) in [6.07, 6.45) is 4.44. The fraction of sp³-hybridized carbons (Fsp3) is 1.00. The molecule has 0 aromatic rings. The molecule has 1 N–H and O–H groups in total. The SMILES string of the molecule is CCNC1CCC(N2CC(C)OCC2C)C1. The summed E-state index contributed by atoms with van der Waals surface area (Å²) in [5.41, 5.74) is 0. The highest BCUT2D eigenvalue weighted by Gasteiger charge is 2.34. The third-order valence-corrected chi connectivity index (χ3v) is 4.02. The van der Waals surface area contributed by atoms with E-state index in [1.807, 2.05) is 0 Å². The Morgan fingerprint density at radius 3 is 2.88 bits per heavy atom. The van der Waals surface area contributed by atoms with E-state index in [0.717, 1.165) is 31.8 Å². The zero-order valence-corrected chi connectivity index (χ0v) is 10.9. The van der Waals surface area contributed by atoms with Crippen LogP contribution in [0.1, 0.15) is 40.0 Å². The third kappa shape index (κ3) is 2.76. The van der Waals surface area contributed by atoms with Crippen molar-refractivity contribution in [3.05, 3.63) is 0 Å². The Morgan fingerprint density at radius 2 is 2.12 bits per heavy atom. The molecule has 2 fully saturated rings. The summed E-state index contributed by atoms with van der Waals surface area (Å²) in [4.78, 5) is 2.67. The van der Waals surface area contributed by atoms with Gasteiger partial charge in [-0.3, -0.25) is 4.90 Å². The summed E-state index contributed by atoms with van der Waals surface area (Å²) >= 11 is 0. The van der Waals surface area contributed by atoms with Crippen molar-refractivity contribution in [1.82, 2.24) is 10.2 Å². The van der Waals surface area contributed by atoms with Gasteiger partial charge in [0.1, 0.15) is 0 Å². The molecule has 1 aliphatic heterocycles. The fourth-order valence-corrected chi connectivity index (χ4v) is 3.17. The van der Waals surface area contributed by atoms with Gasteiger partial charge in [0.05, 0.1) is 12.7 Å². The van der Waals surface area contributed by atoms with Crippen molar-refractivity contribution in [2.24, 2.45) is 0 Å². The molecule has 4 atom stereocenters. The van der Waals surface area contributed by atoms with Gasteiger partial charge in [0, 0.05) is 24.7 Å². The second kappa shape index (κ2) is 5.48. The lowest BCUT2D eigenvalue weighted by Crippen LogP contribution is -2.51. The summed E-state index contributed by atoms with van der Waals surface area (Å²) in [7, 11) is 0. The molecule has 1 saturated carbocycles. The quantitative estimate of drug-likeness (QED) is 0.791. The second-order valence-electron chi connectivity index (χ2n) is 5.41. The topological polar surface area (TPSA) is 24.5 Å². The number of hydrogen-bond donors (Lipinski definition) is 1. The first-order valence-corrected chi connectivity index (χ1v) is 6.81. The van der Waals surface area contributed by atoms with Crippen LogP contribution in [0.3, 0.4) is 0 Å². The Kier molecular flexibility index (Phi) is 4.22. The van der Waals surface area contributed by atoms with Gasteiger partial charge in [-0.05, 0) is 39.7 Å². The molecule has 1 aliphatic carbocycles. The van der Waals surface area contributed by atoms with Crippen LogP contribution < -0.4 is 5.32 Å². The first-order chi connectivity index (χ1) is 7.70. The largest absolute Gasteiger partial charge is 0.376 e. The van der Waals surface area contributed by atoms with E-state index in [2.05, 4.69) is 31.0 Å². The van der Waals surface area contributed by atoms with Crippen LogP contribution in [0.5, 0.6) is 0 Å². The van der Waals surface area contributed by atoms with Crippen molar-refractivity contribution in [2.45, 2.75) is 64.3 Å². The number of nitrogens with one attached hydrogen (secondary N) is 1. The molecule has 0 bridgehead atoms. The molecule has 16 heavy (non-hydrogen) atoms. The van der Waals surface area contributed by atoms with Crippen molar-refractivity contribution < 1.29 is 4.74 Å². The van der Waals surface area contributed by atoms with Crippen molar-refractivity contribution >= 4 is 0 Å². The number of hydrogen-bond acceptors (Lipinski definition) is 3.